The number of allylic oxidation sites excluding steroid dienone is 5. The van der Waals surface area contributed by atoms with Crippen LogP contribution in [0, 0.1) is 0 Å². The van der Waals surface area contributed by atoms with E-state index in [4.69, 9.17) is 0 Å². The van der Waals surface area contributed by atoms with Crippen LogP contribution in [-0.2, 0) is 11.8 Å². The van der Waals surface area contributed by atoms with Crippen molar-refractivity contribution >= 4 is 11.4 Å². The van der Waals surface area contributed by atoms with Crippen LogP contribution < -0.4 is 5.32 Å². The number of rotatable bonds is 5. The molecule has 1 nitrogen and oxygen atoms in total. The fourth-order valence-corrected chi connectivity index (χ4v) is 5.72. The molecule has 0 aliphatic heterocycles. The Bertz CT molecular complexity index is 1590. The number of benzene rings is 5. The molecule has 1 heteroatoms. The first-order valence-corrected chi connectivity index (χ1v) is 13.4. The van der Waals surface area contributed by atoms with Gasteiger partial charge in [-0.25, -0.2) is 0 Å². The van der Waals surface area contributed by atoms with Crippen LogP contribution in [0.25, 0.3) is 11.1 Å². The smallest absolute Gasteiger partial charge is 0.0698 e. The minimum atomic E-state index is -0.504. The fourth-order valence-electron chi connectivity index (χ4n) is 5.72. The van der Waals surface area contributed by atoms with Gasteiger partial charge in [0.1, 0.15) is 0 Å². The van der Waals surface area contributed by atoms with E-state index in [1.165, 1.54) is 33.4 Å². The van der Waals surface area contributed by atoms with Gasteiger partial charge in [-0.05, 0) is 69.6 Å². The molecule has 188 valence electrons. The van der Waals surface area contributed by atoms with Crippen molar-refractivity contribution in [1.82, 2.24) is 0 Å². The van der Waals surface area contributed by atoms with Gasteiger partial charge in [0.25, 0.3) is 0 Å². The molecule has 6 rings (SSSR count). The van der Waals surface area contributed by atoms with E-state index in [-0.39, 0.29) is 0 Å². The summed E-state index contributed by atoms with van der Waals surface area (Å²) in [5.41, 5.74) is 10.1. The second kappa shape index (κ2) is 10.8. The van der Waals surface area contributed by atoms with Crippen molar-refractivity contribution in [1.29, 1.82) is 0 Å². The van der Waals surface area contributed by atoms with Crippen molar-refractivity contribution in [3.63, 3.8) is 0 Å². The summed E-state index contributed by atoms with van der Waals surface area (Å²) in [5, 5.41) is 3.64. The molecule has 0 amide bonds. The van der Waals surface area contributed by atoms with Gasteiger partial charge < -0.3 is 5.32 Å². The Morgan fingerprint density at radius 1 is 0.564 bits per heavy atom. The van der Waals surface area contributed by atoms with E-state index in [1.54, 1.807) is 0 Å². The third-order valence-electron chi connectivity index (χ3n) is 7.57. The summed E-state index contributed by atoms with van der Waals surface area (Å²) in [7, 11) is 0. The Labute approximate surface area is 231 Å². The Morgan fingerprint density at radius 2 is 1.13 bits per heavy atom. The largest absolute Gasteiger partial charge is 0.356 e. The van der Waals surface area contributed by atoms with Crippen LogP contribution >= 0.6 is 0 Å². The normalized spacial score (nSPS) is 15.7. The van der Waals surface area contributed by atoms with Crippen molar-refractivity contribution in [2.75, 3.05) is 5.32 Å². The van der Waals surface area contributed by atoms with Gasteiger partial charge in [-0.15, -0.1) is 0 Å². The van der Waals surface area contributed by atoms with Crippen molar-refractivity contribution < 1.29 is 0 Å². The van der Waals surface area contributed by atoms with E-state index < -0.39 is 5.41 Å². The fraction of sp³-hybridized carbons (Fsp3) is 0.0526. The lowest BCUT2D eigenvalue weighted by Gasteiger charge is -2.38. The number of fused-ring (bicyclic) bond motifs is 1. The zero-order valence-corrected chi connectivity index (χ0v) is 21.9. The molecule has 1 N–H and O–H groups in total. The van der Waals surface area contributed by atoms with Gasteiger partial charge in [0.2, 0.25) is 0 Å². The molecule has 0 atom stereocenters. The molecule has 1 aliphatic rings. The Hall–Kier alpha value is -4.88. The van der Waals surface area contributed by atoms with Crippen molar-refractivity contribution in [2.45, 2.75) is 11.8 Å². The summed E-state index contributed by atoms with van der Waals surface area (Å²) in [6, 6.07) is 47.4. The van der Waals surface area contributed by atoms with E-state index in [2.05, 4.69) is 164 Å². The van der Waals surface area contributed by atoms with E-state index in [0.717, 1.165) is 23.4 Å². The van der Waals surface area contributed by atoms with Gasteiger partial charge in [0.15, 0.2) is 0 Å². The summed E-state index contributed by atoms with van der Waals surface area (Å²) < 4.78 is 0. The first-order chi connectivity index (χ1) is 19.2. The van der Waals surface area contributed by atoms with Gasteiger partial charge in [-0.2, -0.15) is 0 Å². The Morgan fingerprint density at radius 3 is 1.77 bits per heavy atom. The van der Waals surface area contributed by atoms with Crippen molar-refractivity contribution in [2.24, 2.45) is 0 Å². The highest BCUT2D eigenvalue weighted by Crippen LogP contribution is 2.47. The minimum Gasteiger partial charge on any atom is -0.356 e. The first-order valence-electron chi connectivity index (χ1n) is 13.4. The topological polar surface area (TPSA) is 12.0 Å². The van der Waals surface area contributed by atoms with Crippen LogP contribution in [0.2, 0.25) is 0 Å². The van der Waals surface area contributed by atoms with E-state index in [9.17, 15) is 0 Å². The van der Waals surface area contributed by atoms with Gasteiger partial charge in [-0.3, -0.25) is 0 Å². The highest BCUT2D eigenvalue weighted by Gasteiger charge is 2.39. The first kappa shape index (κ1) is 24.5. The third-order valence-corrected chi connectivity index (χ3v) is 7.57. The number of hydrogen-bond donors (Lipinski definition) is 1. The summed E-state index contributed by atoms with van der Waals surface area (Å²) in [5.74, 6) is 0. The zero-order valence-electron chi connectivity index (χ0n) is 21.9. The molecule has 0 fully saturated rings. The summed E-state index contributed by atoms with van der Waals surface area (Å²) in [6.07, 6.45) is 9.46. The Balaban J connectivity index is 1.45. The molecule has 1 aliphatic carbocycles. The third kappa shape index (κ3) is 4.76. The van der Waals surface area contributed by atoms with Gasteiger partial charge >= 0.3 is 0 Å². The molecule has 0 heterocycles. The lowest BCUT2D eigenvalue weighted by atomic mass is 9.63. The van der Waals surface area contributed by atoms with E-state index in [1.807, 2.05) is 6.07 Å². The molecular formula is C38H31N. The zero-order chi connectivity index (χ0) is 26.5. The maximum Gasteiger partial charge on any atom is 0.0698 e. The van der Waals surface area contributed by atoms with Crippen molar-refractivity contribution in [3.05, 3.63) is 192 Å². The SMILES string of the molecule is C=C1/C=C\C=C/Cc2cc(Nc3ccc(-c4ccccc4)cc3)ccc2C1(c1ccccc1)c1ccccc1. The van der Waals surface area contributed by atoms with Crippen LogP contribution in [0.15, 0.2) is 170 Å². The maximum atomic E-state index is 4.65. The monoisotopic (exact) mass is 501 g/mol. The Kier molecular flexibility index (Phi) is 6.80. The highest BCUT2D eigenvalue weighted by molar-refractivity contribution is 5.70. The van der Waals surface area contributed by atoms with Gasteiger partial charge in [0, 0.05) is 11.4 Å². The lowest BCUT2D eigenvalue weighted by molar-refractivity contribution is 0.737. The number of nitrogens with one attached hydrogen (secondary N) is 1. The minimum absolute atomic E-state index is 0.504. The average Bonchev–Trinajstić information content (AvgIpc) is 3.06. The second-order valence-electron chi connectivity index (χ2n) is 9.94. The molecule has 39 heavy (non-hydrogen) atoms. The van der Waals surface area contributed by atoms with E-state index in [0.29, 0.717) is 0 Å². The predicted molar refractivity (Wildman–Crippen MR) is 165 cm³/mol. The number of anilines is 2. The van der Waals surface area contributed by atoms with Crippen LogP contribution in [0.4, 0.5) is 11.4 Å². The average molecular weight is 502 g/mol. The molecular weight excluding hydrogens is 470 g/mol. The molecule has 0 bridgehead atoms. The van der Waals surface area contributed by atoms with Crippen LogP contribution in [0.5, 0.6) is 0 Å². The highest BCUT2D eigenvalue weighted by atomic mass is 14.9. The quantitative estimate of drug-likeness (QED) is 0.253. The van der Waals surface area contributed by atoms with E-state index >= 15 is 0 Å². The van der Waals surface area contributed by atoms with Crippen LogP contribution in [0.1, 0.15) is 22.3 Å². The lowest BCUT2D eigenvalue weighted by Crippen LogP contribution is -2.32. The standard InChI is InChI=1S/C38H31N/c1-29-14-6-2-9-17-32-28-36(39-35-24-22-31(23-25-35)30-15-7-3-8-16-30)26-27-37(32)38(29,33-18-10-4-11-19-33)34-20-12-5-13-21-34/h2-16,18-28,39H,1,17H2/b9-2-,14-6-. The molecule has 0 unspecified atom stereocenters. The predicted octanol–water partition coefficient (Wildman–Crippen LogP) is 9.66. The van der Waals surface area contributed by atoms with Gasteiger partial charge in [0.05, 0.1) is 5.41 Å². The second-order valence-corrected chi connectivity index (χ2v) is 9.94. The molecule has 0 spiro atoms. The molecule has 0 saturated carbocycles. The van der Waals surface area contributed by atoms with Crippen molar-refractivity contribution in [3.8, 4) is 11.1 Å². The molecule has 0 aromatic heterocycles. The molecule has 0 saturated heterocycles. The summed E-state index contributed by atoms with van der Waals surface area (Å²) in [6.45, 7) is 4.65. The molecule has 5 aromatic carbocycles. The number of hydrogen-bond acceptors (Lipinski definition) is 1. The van der Waals surface area contributed by atoms with Gasteiger partial charge in [-0.1, -0.05) is 140 Å². The summed E-state index contributed by atoms with van der Waals surface area (Å²) in [4.78, 5) is 0. The summed E-state index contributed by atoms with van der Waals surface area (Å²) >= 11 is 0. The molecule has 5 aromatic rings. The maximum absolute atomic E-state index is 4.65. The van der Waals surface area contributed by atoms with Crippen LogP contribution in [-0.4, -0.2) is 0 Å². The van der Waals surface area contributed by atoms with Crippen LogP contribution in [0.3, 0.4) is 0 Å². The molecule has 0 radical (unpaired) electrons.